The summed E-state index contributed by atoms with van der Waals surface area (Å²) in [4.78, 5) is 6.14. The first kappa shape index (κ1) is 18.8. The Balaban J connectivity index is 1.64. The second-order valence-electron chi connectivity index (χ2n) is 8.01. The van der Waals surface area contributed by atoms with Gasteiger partial charge in [0, 0.05) is 36.0 Å². The van der Waals surface area contributed by atoms with Crippen LogP contribution in [0.3, 0.4) is 0 Å². The number of nitrogen functional groups attached to an aromatic ring is 1. The number of anilines is 1. The lowest BCUT2D eigenvalue weighted by molar-refractivity contribution is 0.0713. The molecule has 1 fully saturated rings. The average molecular weight is 409 g/mol. The fourth-order valence-electron chi connectivity index (χ4n) is 4.37. The molecule has 2 N–H and O–H groups in total. The van der Waals surface area contributed by atoms with Crippen LogP contribution in [0.4, 0.5) is 5.82 Å². The largest absolute Gasteiger partial charge is 0.382 e. The Morgan fingerprint density at radius 2 is 2.06 bits per heavy atom. The molecule has 1 saturated carbocycles. The molecule has 0 amide bonds. The minimum absolute atomic E-state index is 0.0651. The average Bonchev–Trinajstić information content (AvgIpc) is 3.36. The molecule has 4 aromatic rings. The van der Waals surface area contributed by atoms with E-state index < -0.39 is 5.54 Å². The first-order valence-electron chi connectivity index (χ1n) is 9.91. The predicted molar refractivity (Wildman–Crippen MR) is 114 cm³/mol. The van der Waals surface area contributed by atoms with E-state index in [1.807, 2.05) is 37.5 Å². The predicted octanol–water partition coefficient (Wildman–Crippen LogP) is 3.02. The van der Waals surface area contributed by atoms with Crippen molar-refractivity contribution in [2.75, 3.05) is 5.73 Å². The molecule has 0 unspecified atom stereocenters. The van der Waals surface area contributed by atoms with Crippen LogP contribution in [-0.2, 0) is 12.6 Å². The van der Waals surface area contributed by atoms with Crippen molar-refractivity contribution in [1.82, 2.24) is 29.8 Å². The zero-order chi connectivity index (χ0) is 21.6. The van der Waals surface area contributed by atoms with Crippen molar-refractivity contribution in [3.63, 3.8) is 0 Å². The van der Waals surface area contributed by atoms with Crippen LogP contribution in [0, 0.1) is 28.6 Å². The highest BCUT2D eigenvalue weighted by Crippen LogP contribution is 2.45. The number of hydrogen-bond acceptors (Lipinski definition) is 7. The number of benzene rings is 1. The molecule has 3 heterocycles. The van der Waals surface area contributed by atoms with Gasteiger partial charge < -0.3 is 5.73 Å². The minimum atomic E-state index is -0.521. The summed E-state index contributed by atoms with van der Waals surface area (Å²) < 4.78 is 1.68. The fraction of sp³-hybridized carbons (Fsp3) is 0.273. The number of nitriles is 2. The van der Waals surface area contributed by atoms with E-state index in [-0.39, 0.29) is 12.3 Å². The first-order chi connectivity index (χ1) is 15.0. The molecule has 5 rings (SSSR count). The van der Waals surface area contributed by atoms with E-state index in [4.69, 9.17) is 10.8 Å². The molecule has 152 valence electrons. The number of aryl methyl sites for hydroxylation is 1. The van der Waals surface area contributed by atoms with Gasteiger partial charge in [0.25, 0.3) is 0 Å². The summed E-state index contributed by atoms with van der Waals surface area (Å²) in [6.45, 7) is 0. The first-order valence-corrected chi connectivity index (χ1v) is 9.91. The van der Waals surface area contributed by atoms with Crippen LogP contribution < -0.4 is 5.73 Å². The Morgan fingerprint density at radius 3 is 2.77 bits per heavy atom. The summed E-state index contributed by atoms with van der Waals surface area (Å²) in [5.41, 5.74) is 9.67. The van der Waals surface area contributed by atoms with Crippen molar-refractivity contribution < 1.29 is 0 Å². The van der Waals surface area contributed by atoms with Crippen molar-refractivity contribution in [2.45, 2.75) is 24.8 Å². The summed E-state index contributed by atoms with van der Waals surface area (Å²) in [6, 6.07) is 12.4. The zero-order valence-corrected chi connectivity index (χ0v) is 16.9. The maximum Gasteiger partial charge on any atom is 0.153 e. The van der Waals surface area contributed by atoms with Gasteiger partial charge in [0.1, 0.15) is 5.69 Å². The van der Waals surface area contributed by atoms with Gasteiger partial charge in [-0.2, -0.15) is 30.6 Å². The second kappa shape index (κ2) is 6.92. The normalized spacial score (nSPS) is 20.2. The lowest BCUT2D eigenvalue weighted by Crippen LogP contribution is -2.47. The summed E-state index contributed by atoms with van der Waals surface area (Å²) in [5, 5.41) is 32.9. The second-order valence-corrected chi connectivity index (χ2v) is 8.01. The molecule has 9 nitrogen and oxygen atoms in total. The number of pyridine rings is 1. The summed E-state index contributed by atoms with van der Waals surface area (Å²) in [7, 11) is 1.83. The van der Waals surface area contributed by atoms with Crippen molar-refractivity contribution in [3.05, 3.63) is 42.9 Å². The molecule has 9 heteroatoms. The molecular formula is C22H19N9. The van der Waals surface area contributed by atoms with E-state index in [2.05, 4.69) is 27.3 Å². The highest BCUT2D eigenvalue weighted by atomic mass is 15.5. The highest BCUT2D eigenvalue weighted by Gasteiger charge is 2.48. The van der Waals surface area contributed by atoms with Crippen LogP contribution in [0.15, 0.2) is 42.9 Å². The van der Waals surface area contributed by atoms with Crippen LogP contribution in [0.5, 0.6) is 0 Å². The van der Waals surface area contributed by atoms with Gasteiger partial charge in [-0.05, 0) is 36.6 Å². The van der Waals surface area contributed by atoms with E-state index in [9.17, 15) is 10.5 Å². The molecule has 0 radical (unpaired) electrons. The molecule has 1 aromatic carbocycles. The van der Waals surface area contributed by atoms with Crippen LogP contribution in [-0.4, -0.2) is 29.8 Å². The Bertz CT molecular complexity index is 1380. The molecule has 0 spiro atoms. The van der Waals surface area contributed by atoms with E-state index in [1.54, 1.807) is 21.9 Å². The third kappa shape index (κ3) is 2.99. The Kier molecular flexibility index (Phi) is 4.19. The number of aromatic nitrogens is 6. The molecular weight excluding hydrogens is 390 g/mol. The lowest BCUT2D eigenvalue weighted by atomic mass is 9.68. The standard InChI is InChI=1S/C22H19N9/c1-30-13-18(21(25)29-30)15-7-17(16-3-2-6-26-19(16)8-15)20-12-27-31(28-20)22(4-5-23)9-14(10-22)11-24/h2-3,6-8,12-14H,4,9-10H2,1H3,(H2,25,29)/t14-,22-. The van der Waals surface area contributed by atoms with Gasteiger partial charge in [-0.25, -0.2) is 0 Å². The number of nitrogens with two attached hydrogens (primary N) is 1. The maximum absolute atomic E-state index is 9.31. The van der Waals surface area contributed by atoms with E-state index in [0.29, 0.717) is 24.4 Å². The van der Waals surface area contributed by atoms with Gasteiger partial charge in [-0.1, -0.05) is 6.07 Å². The van der Waals surface area contributed by atoms with Crippen molar-refractivity contribution >= 4 is 16.7 Å². The SMILES string of the molecule is Cn1cc(-c2cc(-c3cnn([C@]4(CC#N)C[C@@H](C#N)C4)n3)c3cccnc3c2)c(N)n1. The maximum atomic E-state index is 9.31. The quantitative estimate of drug-likeness (QED) is 0.547. The third-order valence-electron chi connectivity index (χ3n) is 5.92. The Labute approximate surface area is 178 Å². The van der Waals surface area contributed by atoms with Crippen LogP contribution in [0.2, 0.25) is 0 Å². The lowest BCUT2D eigenvalue weighted by Gasteiger charge is -2.42. The molecule has 0 saturated heterocycles. The van der Waals surface area contributed by atoms with Crippen molar-refractivity contribution in [3.8, 4) is 34.5 Å². The Hall–Kier alpha value is -4.24. The van der Waals surface area contributed by atoms with Crippen LogP contribution in [0.25, 0.3) is 33.3 Å². The molecule has 3 aromatic heterocycles. The Morgan fingerprint density at radius 1 is 1.23 bits per heavy atom. The summed E-state index contributed by atoms with van der Waals surface area (Å²) >= 11 is 0. The number of hydrogen-bond donors (Lipinski definition) is 1. The van der Waals surface area contributed by atoms with Crippen LogP contribution in [0.1, 0.15) is 19.3 Å². The highest BCUT2D eigenvalue weighted by molar-refractivity contribution is 5.97. The smallest absolute Gasteiger partial charge is 0.153 e. The fourth-order valence-corrected chi connectivity index (χ4v) is 4.37. The minimum Gasteiger partial charge on any atom is -0.382 e. The number of nitrogens with zero attached hydrogens (tertiary/aromatic N) is 8. The van der Waals surface area contributed by atoms with Gasteiger partial charge in [0.05, 0.1) is 41.7 Å². The summed E-state index contributed by atoms with van der Waals surface area (Å²) in [6.07, 6.45) is 6.76. The van der Waals surface area contributed by atoms with Crippen molar-refractivity contribution in [2.24, 2.45) is 13.0 Å². The van der Waals surface area contributed by atoms with E-state index in [0.717, 1.165) is 27.6 Å². The van der Waals surface area contributed by atoms with E-state index >= 15 is 0 Å². The zero-order valence-electron chi connectivity index (χ0n) is 16.9. The van der Waals surface area contributed by atoms with Gasteiger partial charge >= 0.3 is 0 Å². The van der Waals surface area contributed by atoms with Crippen LogP contribution >= 0.6 is 0 Å². The summed E-state index contributed by atoms with van der Waals surface area (Å²) in [5.74, 6) is 0.377. The van der Waals surface area contributed by atoms with Crippen molar-refractivity contribution in [1.29, 1.82) is 10.5 Å². The molecule has 0 bridgehead atoms. The molecule has 1 aliphatic rings. The van der Waals surface area contributed by atoms with Gasteiger partial charge in [-0.3, -0.25) is 9.67 Å². The molecule has 0 aliphatic heterocycles. The van der Waals surface area contributed by atoms with Gasteiger partial charge in [0.2, 0.25) is 0 Å². The van der Waals surface area contributed by atoms with Gasteiger partial charge in [-0.15, -0.1) is 0 Å². The molecule has 1 aliphatic carbocycles. The molecule has 0 atom stereocenters. The van der Waals surface area contributed by atoms with Gasteiger partial charge in [0.15, 0.2) is 5.82 Å². The third-order valence-corrected chi connectivity index (χ3v) is 5.92. The monoisotopic (exact) mass is 409 g/mol. The molecule has 31 heavy (non-hydrogen) atoms. The number of rotatable bonds is 4. The topological polar surface area (TPSA) is 135 Å². The van der Waals surface area contributed by atoms with E-state index in [1.165, 1.54) is 0 Å². The number of fused-ring (bicyclic) bond motifs is 1.